The predicted molar refractivity (Wildman–Crippen MR) is 208 cm³/mol. The van der Waals surface area contributed by atoms with Crippen molar-refractivity contribution in [3.8, 4) is 11.1 Å². The third-order valence-electron chi connectivity index (χ3n) is 10.1. The molecule has 0 radical (unpaired) electrons. The number of hydrogen-bond acceptors (Lipinski definition) is 2. The Morgan fingerprint density at radius 3 is 2.06 bits per heavy atom. The predicted octanol–water partition coefficient (Wildman–Crippen LogP) is 13.2. The summed E-state index contributed by atoms with van der Waals surface area (Å²) in [5, 5.41) is 7.87. The van der Waals surface area contributed by atoms with Gasteiger partial charge in [0.05, 0.1) is 11.8 Å². The van der Waals surface area contributed by atoms with E-state index in [1.165, 1.54) is 80.7 Å². The molecule has 0 saturated carbocycles. The Balaban J connectivity index is 1.25. The van der Waals surface area contributed by atoms with Gasteiger partial charge in [0.1, 0.15) is 0 Å². The van der Waals surface area contributed by atoms with Crippen molar-refractivity contribution in [1.29, 1.82) is 0 Å². The number of hydrogen-bond donors (Lipinski definition) is 0. The summed E-state index contributed by atoms with van der Waals surface area (Å²) in [7, 11) is 0. The number of nitrogens with zero attached hydrogens (tertiary/aromatic N) is 1. The van der Waals surface area contributed by atoms with Crippen molar-refractivity contribution >= 4 is 64.3 Å². The molecule has 1 aliphatic heterocycles. The van der Waals surface area contributed by atoms with E-state index >= 15 is 0 Å². The first-order valence-electron chi connectivity index (χ1n) is 17.0. The van der Waals surface area contributed by atoms with Crippen LogP contribution in [0.3, 0.4) is 0 Å². The lowest BCUT2D eigenvalue weighted by molar-refractivity contribution is 0.674. The Hall–Kier alpha value is -5.31. The van der Waals surface area contributed by atoms with Crippen LogP contribution in [0.4, 0.5) is 0 Å². The van der Waals surface area contributed by atoms with Gasteiger partial charge < -0.3 is 0 Å². The van der Waals surface area contributed by atoms with Crippen LogP contribution in [0.25, 0.3) is 58.4 Å². The van der Waals surface area contributed by atoms with Crippen molar-refractivity contribution in [1.82, 2.24) is 0 Å². The van der Waals surface area contributed by atoms with Crippen LogP contribution in [0.5, 0.6) is 0 Å². The van der Waals surface area contributed by atoms with Crippen LogP contribution in [-0.4, -0.2) is 5.71 Å². The Morgan fingerprint density at radius 1 is 0.583 bits per heavy atom. The molecule has 0 fully saturated rings. The fourth-order valence-corrected chi connectivity index (χ4v) is 8.98. The minimum atomic E-state index is 0.0910. The van der Waals surface area contributed by atoms with E-state index in [0.717, 1.165) is 25.0 Å². The minimum Gasteiger partial charge on any atom is -0.276 e. The van der Waals surface area contributed by atoms with E-state index in [4.69, 9.17) is 4.99 Å². The molecule has 1 aromatic heterocycles. The highest BCUT2D eigenvalue weighted by Gasteiger charge is 2.26. The summed E-state index contributed by atoms with van der Waals surface area (Å²) in [6.45, 7) is 2.31. The Kier molecular flexibility index (Phi) is 7.25. The van der Waals surface area contributed by atoms with E-state index in [2.05, 4.69) is 159 Å². The van der Waals surface area contributed by atoms with Crippen molar-refractivity contribution in [2.24, 2.45) is 4.99 Å². The number of benzene rings is 7. The van der Waals surface area contributed by atoms with Gasteiger partial charge in [0, 0.05) is 31.3 Å². The van der Waals surface area contributed by atoms with E-state index < -0.39 is 0 Å². The van der Waals surface area contributed by atoms with Crippen LogP contribution >= 0.6 is 11.3 Å². The highest BCUT2D eigenvalue weighted by molar-refractivity contribution is 7.26. The smallest absolute Gasteiger partial charge is 0.0759 e. The standard InChI is InChI=1S/C46H35NS/c1-2-37-40(44-38-17-9-8-16-36(38)29-41-39-18-10-11-19-43(39)48-46(41)44)26-27-42(32-13-4-3-5-14-32)47-45(37)33-23-20-31(21-24-33)35-25-22-30-12-6-7-15-34(30)28-35/h3-25,28-29,42H,2,26-27H2,1H3. The molecule has 8 aromatic rings. The van der Waals surface area contributed by atoms with Crippen LogP contribution in [0, 0.1) is 0 Å². The molecule has 0 N–H and O–H groups in total. The molecule has 2 heterocycles. The molecule has 0 spiro atoms. The van der Waals surface area contributed by atoms with Gasteiger partial charge in [-0.1, -0.05) is 140 Å². The molecule has 48 heavy (non-hydrogen) atoms. The number of allylic oxidation sites excluding steroid dienone is 2. The van der Waals surface area contributed by atoms with Crippen LogP contribution in [0.2, 0.25) is 0 Å². The van der Waals surface area contributed by atoms with Gasteiger partial charge >= 0.3 is 0 Å². The number of thiophene rings is 1. The average Bonchev–Trinajstić information content (AvgIpc) is 3.41. The maximum absolute atomic E-state index is 5.65. The summed E-state index contributed by atoms with van der Waals surface area (Å²) < 4.78 is 2.73. The molecule has 1 nitrogen and oxygen atoms in total. The van der Waals surface area contributed by atoms with Crippen molar-refractivity contribution < 1.29 is 0 Å². The van der Waals surface area contributed by atoms with Crippen LogP contribution in [0.15, 0.2) is 162 Å². The van der Waals surface area contributed by atoms with E-state index in [1.54, 1.807) is 0 Å². The third-order valence-corrected chi connectivity index (χ3v) is 11.3. The quantitative estimate of drug-likeness (QED) is 0.179. The van der Waals surface area contributed by atoms with Gasteiger partial charge in [-0.2, -0.15) is 0 Å². The average molecular weight is 634 g/mol. The summed E-state index contributed by atoms with van der Waals surface area (Å²) in [5.41, 5.74) is 10.3. The highest BCUT2D eigenvalue weighted by Crippen LogP contribution is 2.46. The topological polar surface area (TPSA) is 12.4 Å². The minimum absolute atomic E-state index is 0.0910. The molecule has 0 saturated heterocycles. The monoisotopic (exact) mass is 633 g/mol. The molecular weight excluding hydrogens is 599 g/mol. The molecule has 9 rings (SSSR count). The summed E-state index contributed by atoms with van der Waals surface area (Å²) in [5.74, 6) is 0. The Bertz CT molecular complexity index is 2530. The van der Waals surface area contributed by atoms with E-state index in [-0.39, 0.29) is 6.04 Å². The Labute approximate surface area is 285 Å². The lowest BCUT2D eigenvalue weighted by Crippen LogP contribution is -2.08. The highest BCUT2D eigenvalue weighted by atomic mass is 32.1. The molecule has 1 aliphatic rings. The van der Waals surface area contributed by atoms with Crippen LogP contribution in [0.1, 0.15) is 48.9 Å². The van der Waals surface area contributed by atoms with Gasteiger partial charge in [-0.3, -0.25) is 4.99 Å². The first-order chi connectivity index (χ1) is 23.7. The molecule has 7 aromatic carbocycles. The van der Waals surface area contributed by atoms with Crippen molar-refractivity contribution in [2.75, 3.05) is 0 Å². The molecule has 2 heteroatoms. The lowest BCUT2D eigenvalue weighted by atomic mass is 9.86. The van der Waals surface area contributed by atoms with Crippen LogP contribution in [-0.2, 0) is 0 Å². The number of rotatable bonds is 5. The van der Waals surface area contributed by atoms with Crippen LogP contribution < -0.4 is 0 Å². The second-order valence-electron chi connectivity index (χ2n) is 12.8. The zero-order valence-electron chi connectivity index (χ0n) is 27.0. The zero-order valence-corrected chi connectivity index (χ0v) is 27.8. The second kappa shape index (κ2) is 12.0. The van der Waals surface area contributed by atoms with Crippen molar-refractivity contribution in [3.05, 3.63) is 174 Å². The van der Waals surface area contributed by atoms with Gasteiger partial charge in [0.15, 0.2) is 0 Å². The maximum atomic E-state index is 5.65. The van der Waals surface area contributed by atoms with Crippen molar-refractivity contribution in [3.63, 3.8) is 0 Å². The zero-order chi connectivity index (χ0) is 32.0. The summed E-state index contributed by atoms with van der Waals surface area (Å²) >= 11 is 1.94. The summed E-state index contributed by atoms with van der Waals surface area (Å²) in [6.07, 6.45) is 2.86. The molecule has 0 aliphatic carbocycles. The fourth-order valence-electron chi connectivity index (χ4n) is 7.71. The van der Waals surface area contributed by atoms with E-state index in [9.17, 15) is 0 Å². The lowest BCUT2D eigenvalue weighted by Gasteiger charge is -2.18. The number of aliphatic imine (C=N–C) groups is 1. The largest absolute Gasteiger partial charge is 0.276 e. The molecule has 1 unspecified atom stereocenters. The third kappa shape index (κ3) is 4.96. The molecule has 0 bridgehead atoms. The molecule has 230 valence electrons. The fraction of sp³-hybridized carbons (Fsp3) is 0.109. The van der Waals surface area contributed by atoms with Crippen molar-refractivity contribution in [2.45, 2.75) is 32.2 Å². The normalized spacial score (nSPS) is 15.4. The number of fused-ring (bicyclic) bond motifs is 5. The summed E-state index contributed by atoms with van der Waals surface area (Å²) in [6, 6.07) is 55.7. The first kappa shape index (κ1) is 28.9. The van der Waals surface area contributed by atoms with E-state index in [0.29, 0.717) is 0 Å². The van der Waals surface area contributed by atoms with E-state index in [1.807, 2.05) is 11.3 Å². The first-order valence-corrected chi connectivity index (χ1v) is 17.8. The molecular formula is C46H35NS. The van der Waals surface area contributed by atoms with Gasteiger partial charge in [0.25, 0.3) is 0 Å². The Morgan fingerprint density at radius 2 is 1.25 bits per heavy atom. The second-order valence-corrected chi connectivity index (χ2v) is 13.9. The maximum Gasteiger partial charge on any atom is 0.0759 e. The summed E-state index contributed by atoms with van der Waals surface area (Å²) in [4.78, 5) is 5.65. The SMILES string of the molecule is CCC1=C(c2c3ccccc3cc3c2sc2ccccc23)CCC(c2ccccc2)N=C1c1ccc(-c2ccc3ccccc3c2)cc1. The molecule has 0 amide bonds. The van der Waals surface area contributed by atoms with Gasteiger partial charge in [-0.15, -0.1) is 11.3 Å². The van der Waals surface area contributed by atoms with Gasteiger partial charge in [-0.05, 0) is 86.8 Å². The van der Waals surface area contributed by atoms with Gasteiger partial charge in [0.2, 0.25) is 0 Å². The van der Waals surface area contributed by atoms with Gasteiger partial charge in [-0.25, -0.2) is 0 Å². The molecule has 1 atom stereocenters.